The first-order chi connectivity index (χ1) is 53.8. The molecule has 0 saturated heterocycles. The van der Waals surface area contributed by atoms with E-state index in [1.165, 1.54) is 94.4 Å². The van der Waals surface area contributed by atoms with Gasteiger partial charge in [-0.1, -0.05) is 93.5 Å². The van der Waals surface area contributed by atoms with Gasteiger partial charge in [0.1, 0.15) is 74.1 Å². The van der Waals surface area contributed by atoms with Crippen molar-refractivity contribution in [2.24, 2.45) is 35.0 Å². The van der Waals surface area contributed by atoms with Gasteiger partial charge in [-0.05, 0) is 196 Å². The standard InChI is InChI=1S/C19H21F3O4.C18H32O8.C16H19F3O5.C15H19F3O4.C14H17F3O3/c1-4-12(2)17(23)26-16-8-6-13-9-15(7-5-14(13)10-16)25-11-18(3,24)19(20,21)22;1-8-12(2)13(19)24-9-18(7,10-25-14(20)16(3,4)22)11-26-15(21)17(5,6)23;1-4-10(2)13(20)24-12-7-5-11(6-8-12)14(21)23-9-15(3,22)16(17,18)19;1-4-10(2)13(19)22-12-7-5-11(6-8-12)21-9-14(3,20)15(16,17)18;1-4-9(2)12(18)20-11-7-5-10(6-8-11)13(3,19)14(15,16)17/h5-10,12,24H,4,11H2,1-3H3;12,22-23H,8-11H2,1-7H3;5-8,10,22H,4,9H2,1-3H3;5-8,10,20H,4,9H2,1-3H3;5-9,19H,4H2,1-3H3. The SMILES string of the molecule is CCC(C)C(=O)OCC(C)(COC(=O)C(C)(C)O)COC(=O)C(C)(C)O.CCC(C)C(=O)Oc1ccc(C(=O)OCC(C)(O)C(F)(F)F)cc1.CCC(C)C(=O)Oc1ccc(C(C)(O)C(F)(F)F)cc1.CCC(C)C(=O)Oc1ccc(OCC(C)(O)C(F)(F)F)cc1.CCC(C)C(=O)Oc1ccc2cc(OCC(C)(O)C(F)(F)F)ccc2c1. The molecule has 5 aromatic carbocycles. The molecule has 0 heterocycles. The molecule has 0 amide bonds. The molecule has 0 fully saturated rings. The minimum absolute atomic E-state index is 0.0312. The molecule has 24 nitrogen and oxygen atoms in total. The largest absolute Gasteiger partial charge is 0.490 e. The van der Waals surface area contributed by atoms with Crippen molar-refractivity contribution >= 4 is 58.5 Å². The highest BCUT2D eigenvalue weighted by molar-refractivity contribution is 5.90. The molecule has 0 bridgehead atoms. The number of halogens is 12. The first-order valence-corrected chi connectivity index (χ1v) is 37.1. The minimum Gasteiger partial charge on any atom is -0.490 e. The van der Waals surface area contributed by atoms with E-state index in [1.54, 1.807) is 71.9 Å². The molecule has 0 radical (unpaired) electrons. The Balaban J connectivity index is 0.000000740. The first-order valence-electron chi connectivity index (χ1n) is 37.1. The van der Waals surface area contributed by atoms with Crippen molar-refractivity contribution in [2.45, 2.75) is 222 Å². The summed E-state index contributed by atoms with van der Waals surface area (Å²) >= 11 is 0. The van der Waals surface area contributed by atoms with E-state index < -0.39 is 119 Å². The highest BCUT2D eigenvalue weighted by Gasteiger charge is 2.54. The molecule has 5 rings (SSSR count). The molecule has 9 atom stereocenters. The van der Waals surface area contributed by atoms with Crippen LogP contribution in [-0.2, 0) is 58.1 Å². The van der Waals surface area contributed by atoms with Gasteiger partial charge in [0, 0.05) is 0 Å². The number of carbonyl (C=O) groups excluding carboxylic acids is 8. The summed E-state index contributed by atoms with van der Waals surface area (Å²) in [4.78, 5) is 93.7. The number of hydrogen-bond acceptors (Lipinski definition) is 24. The lowest BCUT2D eigenvalue weighted by molar-refractivity contribution is -0.262. The summed E-state index contributed by atoms with van der Waals surface area (Å²) in [6, 6.07) is 25.0. The van der Waals surface area contributed by atoms with Crippen LogP contribution in [-0.4, -0.2) is 171 Å². The highest BCUT2D eigenvalue weighted by atomic mass is 19.4. The number of fused-ring (bicyclic) bond motifs is 1. The molecule has 0 aliphatic heterocycles. The Morgan fingerprint density at radius 1 is 0.314 bits per heavy atom. The monoisotopic (exact) mass is 1700 g/mol. The molecule has 0 spiro atoms. The number of benzene rings is 5. The van der Waals surface area contributed by atoms with Crippen LogP contribution in [0.5, 0.6) is 34.5 Å². The third-order valence-corrected chi connectivity index (χ3v) is 17.6. The number of carbonyl (C=O) groups is 8. The van der Waals surface area contributed by atoms with Crippen molar-refractivity contribution in [3.8, 4) is 34.5 Å². The van der Waals surface area contributed by atoms with Gasteiger partial charge in [-0.25, -0.2) is 14.4 Å². The molecule has 664 valence electrons. The number of rotatable bonds is 32. The van der Waals surface area contributed by atoms with Crippen molar-refractivity contribution in [3.63, 3.8) is 0 Å². The van der Waals surface area contributed by atoms with Gasteiger partial charge in [-0.2, -0.15) is 52.7 Å². The van der Waals surface area contributed by atoms with E-state index in [0.29, 0.717) is 70.9 Å². The second-order valence-electron chi connectivity index (χ2n) is 30.1. The maximum Gasteiger partial charge on any atom is 0.421 e. The van der Waals surface area contributed by atoms with Crippen LogP contribution in [0.15, 0.2) is 109 Å². The van der Waals surface area contributed by atoms with Crippen LogP contribution in [0.4, 0.5) is 52.7 Å². The topological polar surface area (TPSA) is 350 Å². The molecule has 36 heteroatoms. The second kappa shape index (κ2) is 45.2. The van der Waals surface area contributed by atoms with Gasteiger partial charge in [-0.15, -0.1) is 0 Å². The van der Waals surface area contributed by atoms with Crippen molar-refractivity contribution in [1.82, 2.24) is 0 Å². The summed E-state index contributed by atoms with van der Waals surface area (Å²) in [6.45, 7) is 23.4. The molecular formula is C82H108F12O24. The Labute approximate surface area is 676 Å². The number of hydrogen-bond donors (Lipinski definition) is 6. The maximum atomic E-state index is 12.6. The fourth-order valence-electron chi connectivity index (χ4n) is 7.66. The third-order valence-electron chi connectivity index (χ3n) is 17.6. The van der Waals surface area contributed by atoms with Crippen LogP contribution in [0, 0.1) is 35.0 Å². The molecule has 0 aromatic heterocycles. The summed E-state index contributed by atoms with van der Waals surface area (Å²) < 4.78 is 201. The van der Waals surface area contributed by atoms with E-state index in [-0.39, 0.29) is 101 Å². The Hall–Kier alpha value is -9.36. The normalized spacial score (nSPS) is 15.2. The van der Waals surface area contributed by atoms with Gasteiger partial charge >= 0.3 is 72.5 Å². The molecule has 5 aromatic rings. The van der Waals surface area contributed by atoms with Crippen molar-refractivity contribution in [3.05, 3.63) is 120 Å². The second-order valence-corrected chi connectivity index (χ2v) is 30.1. The van der Waals surface area contributed by atoms with Gasteiger partial charge in [0.2, 0.25) is 0 Å². The zero-order chi connectivity index (χ0) is 91.4. The zero-order valence-corrected chi connectivity index (χ0v) is 69.1. The van der Waals surface area contributed by atoms with E-state index in [2.05, 4.69) is 4.74 Å². The number of esters is 8. The van der Waals surface area contributed by atoms with Crippen LogP contribution in [0.2, 0.25) is 0 Å². The molecule has 0 saturated carbocycles. The molecule has 0 aliphatic carbocycles. The number of aliphatic hydroxyl groups is 6. The molecular weight excluding hydrogens is 1600 g/mol. The quantitative estimate of drug-likeness (QED) is 0.0101. The summed E-state index contributed by atoms with van der Waals surface area (Å²) in [7, 11) is 0. The Bertz CT molecular complexity index is 3980. The van der Waals surface area contributed by atoms with Gasteiger partial charge in [0.15, 0.2) is 33.6 Å². The summed E-state index contributed by atoms with van der Waals surface area (Å²) in [5.74, 6) is -4.65. The maximum absolute atomic E-state index is 12.6. The zero-order valence-electron chi connectivity index (χ0n) is 69.1. The first kappa shape index (κ1) is 107. The Kier molecular flexibility index (Phi) is 40.8. The van der Waals surface area contributed by atoms with Crippen LogP contribution in [0.1, 0.15) is 180 Å². The van der Waals surface area contributed by atoms with Gasteiger partial charge in [-0.3, -0.25) is 24.0 Å². The lowest BCUT2D eigenvalue weighted by atomic mass is 9.93. The third kappa shape index (κ3) is 35.7. The van der Waals surface area contributed by atoms with E-state index in [9.17, 15) is 122 Å². The smallest absolute Gasteiger partial charge is 0.421 e. The lowest BCUT2D eigenvalue weighted by Crippen LogP contribution is -2.47. The van der Waals surface area contributed by atoms with Crippen molar-refractivity contribution < 1.29 is 169 Å². The average molecular weight is 1710 g/mol. The van der Waals surface area contributed by atoms with Gasteiger partial charge < -0.3 is 78.0 Å². The summed E-state index contributed by atoms with van der Waals surface area (Å²) in [5, 5.41) is 58.1. The molecule has 118 heavy (non-hydrogen) atoms. The van der Waals surface area contributed by atoms with Crippen molar-refractivity contribution in [1.29, 1.82) is 0 Å². The summed E-state index contributed by atoms with van der Waals surface area (Å²) in [6.07, 6.45) is -16.1. The molecule has 9 unspecified atom stereocenters. The number of alkyl halides is 12. The highest BCUT2D eigenvalue weighted by Crippen LogP contribution is 2.40. The van der Waals surface area contributed by atoms with E-state index in [1.807, 2.05) is 34.6 Å². The summed E-state index contributed by atoms with van der Waals surface area (Å²) in [5.41, 5.74) is -16.7. The van der Waals surface area contributed by atoms with Gasteiger partial charge in [0.25, 0.3) is 0 Å². The molecule has 6 N–H and O–H groups in total. The Morgan fingerprint density at radius 2 is 0.585 bits per heavy atom. The van der Waals surface area contributed by atoms with Crippen LogP contribution >= 0.6 is 0 Å². The van der Waals surface area contributed by atoms with Crippen LogP contribution in [0.3, 0.4) is 0 Å². The van der Waals surface area contributed by atoms with Gasteiger partial charge in [0.05, 0.1) is 40.6 Å². The number of ether oxygens (including phenoxy) is 10. The lowest BCUT2D eigenvalue weighted by Gasteiger charge is -2.30. The predicted octanol–water partition coefficient (Wildman–Crippen LogP) is 15.5. The fraction of sp³-hybridized carbons (Fsp3) is 0.561. The minimum atomic E-state index is -4.92. The van der Waals surface area contributed by atoms with Crippen LogP contribution in [0.25, 0.3) is 10.8 Å². The van der Waals surface area contributed by atoms with E-state index in [4.69, 9.17) is 42.6 Å². The van der Waals surface area contributed by atoms with Crippen LogP contribution < -0.4 is 28.4 Å². The average Bonchev–Trinajstić information content (AvgIpc) is 0.796. The molecule has 0 aliphatic rings. The fourth-order valence-corrected chi connectivity index (χ4v) is 7.66. The van der Waals surface area contributed by atoms with E-state index in [0.717, 1.165) is 17.5 Å². The van der Waals surface area contributed by atoms with E-state index >= 15 is 0 Å². The Morgan fingerprint density at radius 3 is 0.915 bits per heavy atom. The predicted molar refractivity (Wildman–Crippen MR) is 404 cm³/mol. The van der Waals surface area contributed by atoms with Crippen molar-refractivity contribution in [2.75, 3.05) is 39.6 Å².